The molecule has 10 heteroatoms. The van der Waals surface area contributed by atoms with E-state index < -0.39 is 26.6 Å². The molecule has 0 bridgehead atoms. The van der Waals surface area contributed by atoms with Crippen LogP contribution in [0.5, 0.6) is 11.5 Å². The van der Waals surface area contributed by atoms with E-state index in [-0.39, 0.29) is 0 Å². The van der Waals surface area contributed by atoms with Crippen LogP contribution in [0.3, 0.4) is 0 Å². The highest BCUT2D eigenvalue weighted by Gasteiger charge is 2.28. The van der Waals surface area contributed by atoms with E-state index in [1.807, 2.05) is 48.5 Å². The second-order valence-electron chi connectivity index (χ2n) is 6.56. The minimum Gasteiger partial charge on any atom is -0.490 e. The van der Waals surface area contributed by atoms with Crippen molar-refractivity contribution in [1.29, 1.82) is 0 Å². The van der Waals surface area contributed by atoms with Crippen LogP contribution >= 0.6 is 23.8 Å². The van der Waals surface area contributed by atoms with Crippen molar-refractivity contribution in [2.24, 2.45) is 5.73 Å². The molecule has 0 aliphatic rings. The molecule has 8 nitrogen and oxygen atoms in total. The zero-order chi connectivity index (χ0) is 21.3. The first kappa shape index (κ1) is 23.8. The van der Waals surface area contributed by atoms with Gasteiger partial charge in [0.1, 0.15) is 24.7 Å². The number of para-hydroxylation sites is 1. The maximum Gasteiger partial charge on any atom is 0.469 e. The molecule has 0 saturated heterocycles. The van der Waals surface area contributed by atoms with Crippen LogP contribution < -0.4 is 15.2 Å². The van der Waals surface area contributed by atoms with Crippen LogP contribution in [0, 0.1) is 0 Å². The fraction of sp³-hybridized carbons (Fsp3) is 0.368. The molecule has 2 rings (SSSR count). The van der Waals surface area contributed by atoms with Gasteiger partial charge in [-0.25, -0.2) is 4.57 Å². The van der Waals surface area contributed by atoms with Gasteiger partial charge in [-0.3, -0.25) is 4.52 Å². The van der Waals surface area contributed by atoms with E-state index in [9.17, 15) is 9.67 Å². The number of nitrogens with two attached hydrogens (primary N) is 1. The van der Waals surface area contributed by atoms with Crippen molar-refractivity contribution in [3.63, 3.8) is 0 Å². The summed E-state index contributed by atoms with van der Waals surface area (Å²) in [6.07, 6.45) is 0.802. The summed E-state index contributed by atoms with van der Waals surface area (Å²) in [5, 5.41) is 9.43. The number of hydrogen-bond acceptors (Lipinski definition) is 6. The van der Waals surface area contributed by atoms with Crippen molar-refractivity contribution in [2.45, 2.75) is 18.4 Å². The number of benzene rings is 2. The number of halogens is 1. The van der Waals surface area contributed by atoms with Crippen LogP contribution in [0.4, 0.5) is 0 Å². The number of phosphoric ester groups is 1. The molecule has 0 radical (unpaired) electrons. The van der Waals surface area contributed by atoms with E-state index in [4.69, 9.17) is 25.0 Å². The minimum absolute atomic E-state index is 0.295. The van der Waals surface area contributed by atoms with Gasteiger partial charge in [0.25, 0.3) is 0 Å². The number of rotatable bonds is 12. The highest BCUT2D eigenvalue weighted by molar-refractivity contribution is 9.10. The summed E-state index contributed by atoms with van der Waals surface area (Å²) in [6, 6.07) is 14.9. The van der Waals surface area contributed by atoms with Gasteiger partial charge in [-0.15, -0.1) is 0 Å². The summed E-state index contributed by atoms with van der Waals surface area (Å²) in [7, 11) is -4.63. The van der Waals surface area contributed by atoms with Gasteiger partial charge in [0.05, 0.1) is 23.2 Å². The first-order valence-corrected chi connectivity index (χ1v) is 11.2. The summed E-state index contributed by atoms with van der Waals surface area (Å²) < 4.78 is 27.4. The van der Waals surface area contributed by atoms with E-state index in [0.29, 0.717) is 31.8 Å². The first-order valence-electron chi connectivity index (χ1n) is 8.90. The van der Waals surface area contributed by atoms with Gasteiger partial charge >= 0.3 is 7.82 Å². The highest BCUT2D eigenvalue weighted by Crippen LogP contribution is 2.36. The molecule has 2 aromatic rings. The molecule has 0 saturated carbocycles. The zero-order valence-electron chi connectivity index (χ0n) is 15.7. The number of ether oxygens (including phenoxy) is 2. The van der Waals surface area contributed by atoms with E-state index in [1.165, 1.54) is 0 Å². The summed E-state index contributed by atoms with van der Waals surface area (Å²) in [6.45, 7) is -0.106. The lowest BCUT2D eigenvalue weighted by Crippen LogP contribution is -2.48. The van der Waals surface area contributed by atoms with Gasteiger partial charge in [0.15, 0.2) is 0 Å². The van der Waals surface area contributed by atoms with Gasteiger partial charge in [0, 0.05) is 0 Å². The molecule has 0 amide bonds. The lowest BCUT2D eigenvalue weighted by atomic mass is 9.94. The Morgan fingerprint density at radius 2 is 1.69 bits per heavy atom. The van der Waals surface area contributed by atoms with Crippen LogP contribution in [-0.4, -0.2) is 46.9 Å². The molecule has 0 aliphatic heterocycles. The average Bonchev–Trinajstić information content (AvgIpc) is 2.70. The Hall–Kier alpha value is -1.45. The van der Waals surface area contributed by atoms with Crippen molar-refractivity contribution >= 4 is 23.8 Å². The maximum absolute atomic E-state index is 10.8. The van der Waals surface area contributed by atoms with Gasteiger partial charge < -0.3 is 30.1 Å². The Morgan fingerprint density at radius 1 is 1.03 bits per heavy atom. The van der Waals surface area contributed by atoms with Crippen LogP contribution in [0.25, 0.3) is 0 Å². The van der Waals surface area contributed by atoms with Crippen LogP contribution in [0.1, 0.15) is 12.0 Å². The standard InChI is InChI=1S/C19H25BrNO7P/c20-17-3-1-2-4-18(17)27-12-11-26-16-7-5-15(6-8-16)9-10-19(21,13-22)14-28-29(23,24)25/h1-8,22H,9-14,21H2,(H2,23,24,25)/t19-/m0/s1. The van der Waals surface area contributed by atoms with E-state index in [2.05, 4.69) is 20.5 Å². The Bertz CT molecular complexity index is 814. The molecule has 0 spiro atoms. The molecular weight excluding hydrogens is 465 g/mol. The largest absolute Gasteiger partial charge is 0.490 e. The maximum atomic E-state index is 10.8. The second kappa shape index (κ2) is 11.1. The van der Waals surface area contributed by atoms with Crippen LogP contribution in [-0.2, 0) is 15.5 Å². The van der Waals surface area contributed by atoms with Crippen LogP contribution in [0.2, 0.25) is 0 Å². The number of aliphatic hydroxyl groups excluding tert-OH is 1. The van der Waals surface area contributed by atoms with Gasteiger partial charge in [-0.1, -0.05) is 24.3 Å². The predicted octanol–water partition coefficient (Wildman–Crippen LogP) is 2.64. The lowest BCUT2D eigenvalue weighted by Gasteiger charge is -2.27. The second-order valence-corrected chi connectivity index (χ2v) is 8.65. The number of phosphoric acid groups is 1. The third-order valence-corrected chi connectivity index (χ3v) is 5.24. The number of aryl methyl sites for hydroxylation is 1. The molecule has 1 atom stereocenters. The van der Waals surface area contributed by atoms with E-state index in [0.717, 1.165) is 15.8 Å². The molecule has 0 aromatic heterocycles. The summed E-state index contributed by atoms with van der Waals surface area (Å²) in [4.78, 5) is 17.6. The molecule has 0 heterocycles. The molecule has 0 fully saturated rings. The molecule has 0 unspecified atom stereocenters. The van der Waals surface area contributed by atoms with Crippen molar-refractivity contribution in [3.8, 4) is 11.5 Å². The van der Waals surface area contributed by atoms with E-state index in [1.54, 1.807) is 0 Å². The molecular formula is C19H25BrNO7P. The Balaban J connectivity index is 1.76. The van der Waals surface area contributed by atoms with Gasteiger partial charge in [-0.05, 0) is 58.6 Å². The summed E-state index contributed by atoms with van der Waals surface area (Å²) in [5.74, 6) is 1.44. The summed E-state index contributed by atoms with van der Waals surface area (Å²) in [5.41, 5.74) is 5.67. The molecule has 5 N–H and O–H groups in total. The first-order chi connectivity index (χ1) is 13.7. The molecule has 0 aliphatic carbocycles. The normalized spacial score (nSPS) is 13.7. The number of hydrogen-bond donors (Lipinski definition) is 4. The predicted molar refractivity (Wildman–Crippen MR) is 112 cm³/mol. The van der Waals surface area contributed by atoms with Crippen LogP contribution in [0.15, 0.2) is 53.0 Å². The van der Waals surface area contributed by atoms with Crippen molar-refractivity contribution < 1.29 is 33.5 Å². The SMILES string of the molecule is N[C@](CO)(CCc1ccc(OCCOc2ccccc2Br)cc1)COP(=O)(O)O. The Morgan fingerprint density at radius 3 is 2.31 bits per heavy atom. The molecule has 2 aromatic carbocycles. The lowest BCUT2D eigenvalue weighted by molar-refractivity contribution is 0.102. The molecule has 29 heavy (non-hydrogen) atoms. The monoisotopic (exact) mass is 489 g/mol. The third kappa shape index (κ3) is 8.84. The molecule has 160 valence electrons. The fourth-order valence-corrected chi connectivity index (χ4v) is 3.25. The van der Waals surface area contributed by atoms with Gasteiger partial charge in [0.2, 0.25) is 0 Å². The minimum atomic E-state index is -4.63. The highest BCUT2D eigenvalue weighted by atomic mass is 79.9. The summed E-state index contributed by atoms with van der Waals surface area (Å²) >= 11 is 3.42. The van der Waals surface area contributed by atoms with Crippen molar-refractivity contribution in [1.82, 2.24) is 0 Å². The quantitative estimate of drug-likeness (QED) is 0.264. The van der Waals surface area contributed by atoms with Crippen molar-refractivity contribution in [2.75, 3.05) is 26.4 Å². The van der Waals surface area contributed by atoms with E-state index >= 15 is 0 Å². The van der Waals surface area contributed by atoms with Crippen molar-refractivity contribution in [3.05, 3.63) is 58.6 Å². The smallest absolute Gasteiger partial charge is 0.469 e. The zero-order valence-corrected chi connectivity index (χ0v) is 18.2. The van der Waals surface area contributed by atoms with Gasteiger partial charge in [-0.2, -0.15) is 0 Å². The Labute approximate surface area is 178 Å². The average molecular weight is 490 g/mol. The number of aliphatic hydroxyl groups is 1. The fourth-order valence-electron chi connectivity index (χ4n) is 2.43. The Kier molecular flexibility index (Phi) is 9.10. The topological polar surface area (TPSA) is 131 Å². The third-order valence-electron chi connectivity index (χ3n) is 4.12.